The molecule has 0 aliphatic heterocycles. The van der Waals surface area contributed by atoms with Gasteiger partial charge in [-0.25, -0.2) is 8.42 Å². The maximum Gasteiger partial charge on any atom is 0.261 e. The lowest BCUT2D eigenvalue weighted by atomic mass is 10.1. The van der Waals surface area contributed by atoms with Crippen LogP contribution >= 0.6 is 0 Å². The number of hydrogen-bond donors (Lipinski definition) is 2. The van der Waals surface area contributed by atoms with Gasteiger partial charge in [-0.1, -0.05) is 18.2 Å². The first-order valence-corrected chi connectivity index (χ1v) is 12.4. The lowest BCUT2D eigenvalue weighted by Gasteiger charge is -2.19. The standard InChI is InChI=1S/C26H29N3O4S/c1-5-29(20(4)30)17-21-7-6-8-23(16-21)27-26(31)22-10-13-25(14-11-22)34(32,33)28-24-12-9-18(2)19(3)15-24/h6-16,28H,5,17H2,1-4H3,(H,27,31). The largest absolute Gasteiger partial charge is 0.339 e. The molecule has 3 aromatic carbocycles. The first kappa shape index (κ1) is 25.0. The molecule has 0 saturated heterocycles. The van der Waals surface area contributed by atoms with Crippen LogP contribution in [0.25, 0.3) is 0 Å². The highest BCUT2D eigenvalue weighted by Gasteiger charge is 2.16. The SMILES string of the molecule is CCN(Cc1cccc(NC(=O)c2ccc(S(=O)(=O)Nc3ccc(C)c(C)c3)cc2)c1)C(C)=O. The van der Waals surface area contributed by atoms with Crippen molar-refractivity contribution in [2.24, 2.45) is 0 Å². The van der Waals surface area contributed by atoms with E-state index in [0.29, 0.717) is 30.0 Å². The van der Waals surface area contributed by atoms with Crippen LogP contribution in [0, 0.1) is 13.8 Å². The van der Waals surface area contributed by atoms with Gasteiger partial charge in [0.15, 0.2) is 0 Å². The van der Waals surface area contributed by atoms with Crippen LogP contribution in [0.1, 0.15) is 40.9 Å². The minimum absolute atomic E-state index is 0.0148. The predicted octanol–water partition coefficient (Wildman–Crippen LogP) is 4.72. The Morgan fingerprint density at radius 3 is 2.21 bits per heavy atom. The molecule has 0 aliphatic rings. The Bertz CT molecular complexity index is 1300. The van der Waals surface area contributed by atoms with Crippen molar-refractivity contribution in [1.29, 1.82) is 0 Å². The summed E-state index contributed by atoms with van der Waals surface area (Å²) in [5.41, 5.74) is 4.36. The molecule has 0 saturated carbocycles. The number of carbonyl (C=O) groups excluding carboxylic acids is 2. The third-order valence-corrected chi connectivity index (χ3v) is 6.97. The molecular weight excluding hydrogens is 450 g/mol. The summed E-state index contributed by atoms with van der Waals surface area (Å²) in [4.78, 5) is 26.1. The Morgan fingerprint density at radius 1 is 0.882 bits per heavy atom. The van der Waals surface area contributed by atoms with Gasteiger partial charge in [-0.2, -0.15) is 0 Å². The minimum atomic E-state index is -3.78. The second kappa shape index (κ2) is 10.5. The second-order valence-corrected chi connectivity index (χ2v) is 9.80. The topological polar surface area (TPSA) is 95.6 Å². The smallest absolute Gasteiger partial charge is 0.261 e. The summed E-state index contributed by atoms with van der Waals surface area (Å²) in [5, 5.41) is 2.82. The first-order valence-electron chi connectivity index (χ1n) is 10.9. The quantitative estimate of drug-likeness (QED) is 0.488. The van der Waals surface area contributed by atoms with Gasteiger partial charge in [0.25, 0.3) is 15.9 Å². The number of amides is 2. The number of aryl methyl sites for hydroxylation is 2. The van der Waals surface area contributed by atoms with Crippen LogP contribution in [0.5, 0.6) is 0 Å². The van der Waals surface area contributed by atoms with Crippen molar-refractivity contribution < 1.29 is 18.0 Å². The molecule has 0 radical (unpaired) electrons. The molecule has 0 spiro atoms. The monoisotopic (exact) mass is 479 g/mol. The summed E-state index contributed by atoms with van der Waals surface area (Å²) in [6.45, 7) is 8.36. The Kier molecular flexibility index (Phi) is 7.73. The maximum absolute atomic E-state index is 12.7. The summed E-state index contributed by atoms with van der Waals surface area (Å²) < 4.78 is 28.0. The predicted molar refractivity (Wildman–Crippen MR) is 134 cm³/mol. The number of carbonyl (C=O) groups is 2. The molecule has 2 amide bonds. The summed E-state index contributed by atoms with van der Waals surface area (Å²) in [6, 6.07) is 18.4. The van der Waals surface area contributed by atoms with Gasteiger partial charge >= 0.3 is 0 Å². The lowest BCUT2D eigenvalue weighted by molar-refractivity contribution is -0.129. The van der Waals surface area contributed by atoms with Crippen molar-refractivity contribution in [2.75, 3.05) is 16.6 Å². The molecule has 178 valence electrons. The van der Waals surface area contributed by atoms with E-state index in [9.17, 15) is 18.0 Å². The third kappa shape index (κ3) is 6.23. The van der Waals surface area contributed by atoms with E-state index in [1.54, 1.807) is 23.1 Å². The van der Waals surface area contributed by atoms with Crippen molar-refractivity contribution >= 4 is 33.2 Å². The number of benzene rings is 3. The fraction of sp³-hybridized carbons (Fsp3) is 0.231. The Hall–Kier alpha value is -3.65. The molecule has 7 nitrogen and oxygen atoms in total. The number of sulfonamides is 1. The number of rotatable bonds is 8. The maximum atomic E-state index is 12.7. The molecule has 0 fully saturated rings. The van der Waals surface area contributed by atoms with E-state index >= 15 is 0 Å². The Morgan fingerprint density at radius 2 is 1.59 bits per heavy atom. The summed E-state index contributed by atoms with van der Waals surface area (Å²) in [7, 11) is -3.78. The van der Waals surface area contributed by atoms with Crippen molar-refractivity contribution in [3.8, 4) is 0 Å². The van der Waals surface area contributed by atoms with Gasteiger partial charge in [0.1, 0.15) is 0 Å². The van der Waals surface area contributed by atoms with Gasteiger partial charge < -0.3 is 10.2 Å². The molecule has 0 heterocycles. The number of nitrogens with zero attached hydrogens (tertiary/aromatic N) is 1. The molecule has 0 bridgehead atoms. The molecule has 8 heteroatoms. The van der Waals surface area contributed by atoms with E-state index in [-0.39, 0.29) is 16.7 Å². The fourth-order valence-corrected chi connectivity index (χ4v) is 4.47. The van der Waals surface area contributed by atoms with Crippen LogP contribution in [0.4, 0.5) is 11.4 Å². The minimum Gasteiger partial charge on any atom is -0.339 e. The average Bonchev–Trinajstić information content (AvgIpc) is 2.80. The van der Waals surface area contributed by atoms with E-state index in [0.717, 1.165) is 16.7 Å². The van der Waals surface area contributed by atoms with Gasteiger partial charge in [0.2, 0.25) is 5.91 Å². The van der Waals surface area contributed by atoms with E-state index in [1.807, 2.05) is 45.0 Å². The zero-order chi connectivity index (χ0) is 24.9. The van der Waals surface area contributed by atoms with Crippen molar-refractivity contribution in [2.45, 2.75) is 39.1 Å². The molecule has 0 aromatic heterocycles. The highest BCUT2D eigenvalue weighted by Crippen LogP contribution is 2.20. The Balaban J connectivity index is 1.70. The second-order valence-electron chi connectivity index (χ2n) is 8.12. The number of hydrogen-bond acceptors (Lipinski definition) is 4. The van der Waals surface area contributed by atoms with Crippen LogP contribution in [-0.4, -0.2) is 31.7 Å². The highest BCUT2D eigenvalue weighted by molar-refractivity contribution is 7.92. The average molecular weight is 480 g/mol. The van der Waals surface area contributed by atoms with Crippen LogP contribution < -0.4 is 10.0 Å². The van der Waals surface area contributed by atoms with Crippen molar-refractivity contribution in [3.63, 3.8) is 0 Å². The van der Waals surface area contributed by atoms with Gasteiger partial charge in [0, 0.05) is 37.0 Å². The van der Waals surface area contributed by atoms with E-state index in [2.05, 4.69) is 10.0 Å². The van der Waals surface area contributed by atoms with Crippen molar-refractivity contribution in [3.05, 3.63) is 89.0 Å². The van der Waals surface area contributed by atoms with E-state index in [4.69, 9.17) is 0 Å². The van der Waals surface area contributed by atoms with Gasteiger partial charge in [-0.3, -0.25) is 14.3 Å². The normalized spacial score (nSPS) is 11.1. The molecule has 34 heavy (non-hydrogen) atoms. The third-order valence-electron chi connectivity index (χ3n) is 5.57. The summed E-state index contributed by atoms with van der Waals surface area (Å²) in [6.07, 6.45) is 0. The molecule has 0 aliphatic carbocycles. The van der Waals surface area contributed by atoms with Crippen LogP contribution in [0.2, 0.25) is 0 Å². The first-order chi connectivity index (χ1) is 16.1. The van der Waals surface area contributed by atoms with Crippen molar-refractivity contribution in [1.82, 2.24) is 4.90 Å². The highest BCUT2D eigenvalue weighted by atomic mass is 32.2. The lowest BCUT2D eigenvalue weighted by Crippen LogP contribution is -2.27. The summed E-state index contributed by atoms with van der Waals surface area (Å²) >= 11 is 0. The van der Waals surface area contributed by atoms with Crippen LogP contribution in [-0.2, 0) is 21.4 Å². The zero-order valence-electron chi connectivity index (χ0n) is 19.8. The van der Waals surface area contributed by atoms with E-state index in [1.165, 1.54) is 31.2 Å². The van der Waals surface area contributed by atoms with Gasteiger partial charge in [0.05, 0.1) is 4.90 Å². The Labute approximate surface area is 200 Å². The molecule has 3 rings (SSSR count). The van der Waals surface area contributed by atoms with Crippen LogP contribution in [0.3, 0.4) is 0 Å². The van der Waals surface area contributed by atoms with E-state index < -0.39 is 10.0 Å². The molecule has 0 atom stereocenters. The zero-order valence-corrected chi connectivity index (χ0v) is 20.6. The molecule has 2 N–H and O–H groups in total. The molecule has 0 unspecified atom stereocenters. The van der Waals surface area contributed by atoms with Gasteiger partial charge in [-0.05, 0) is 86.0 Å². The fourth-order valence-electron chi connectivity index (χ4n) is 3.42. The molecule has 3 aromatic rings. The number of nitrogens with one attached hydrogen (secondary N) is 2. The van der Waals surface area contributed by atoms with Gasteiger partial charge in [-0.15, -0.1) is 0 Å². The van der Waals surface area contributed by atoms with Crippen LogP contribution in [0.15, 0.2) is 71.6 Å². The number of anilines is 2. The summed E-state index contributed by atoms with van der Waals surface area (Å²) in [5.74, 6) is -0.374. The molecular formula is C26H29N3O4S.